The second kappa shape index (κ2) is 15.8. The molecule has 1 aliphatic heterocycles. The summed E-state index contributed by atoms with van der Waals surface area (Å²) in [6.07, 6.45) is 1.92. The molecule has 0 spiro atoms. The molecule has 1 saturated heterocycles. The number of nitrogens with zero attached hydrogens (tertiary/aromatic N) is 1. The van der Waals surface area contributed by atoms with Crippen molar-refractivity contribution in [2.45, 2.75) is 110 Å². The van der Waals surface area contributed by atoms with Crippen molar-refractivity contribution in [2.24, 2.45) is 0 Å². The van der Waals surface area contributed by atoms with Crippen molar-refractivity contribution in [3.05, 3.63) is 70.8 Å². The Morgan fingerprint density at radius 2 is 1.17 bits per heavy atom. The third kappa shape index (κ3) is 12.6. The SMILES string of the molecule is CC(C)(C)OC(=O)Cc1ccc(CCc2ccc(CC(=O)NC(CCC(=O)CN3C(=O)CCC3=O)C(=O)OC(C)(C)C)cc2)cc1. The van der Waals surface area contributed by atoms with Gasteiger partial charge in [-0.1, -0.05) is 48.5 Å². The van der Waals surface area contributed by atoms with Crippen molar-refractivity contribution >= 4 is 35.4 Å². The van der Waals surface area contributed by atoms with Gasteiger partial charge >= 0.3 is 11.9 Å². The van der Waals surface area contributed by atoms with E-state index >= 15 is 0 Å². The van der Waals surface area contributed by atoms with E-state index in [1.165, 1.54) is 0 Å². The molecule has 0 aromatic heterocycles. The van der Waals surface area contributed by atoms with E-state index in [2.05, 4.69) is 5.32 Å². The van der Waals surface area contributed by atoms with Crippen molar-refractivity contribution in [3.63, 3.8) is 0 Å². The number of amides is 3. The fraction of sp³-hybridized carbons (Fsp3) is 0.500. The third-order valence-electron chi connectivity index (χ3n) is 7.11. The first-order chi connectivity index (χ1) is 21.5. The number of esters is 2. The van der Waals surface area contributed by atoms with Gasteiger partial charge in [0.05, 0.1) is 19.4 Å². The molecule has 3 amide bonds. The highest BCUT2D eigenvalue weighted by atomic mass is 16.6. The Hall–Kier alpha value is -4.34. The van der Waals surface area contributed by atoms with E-state index in [1.54, 1.807) is 20.8 Å². The van der Waals surface area contributed by atoms with Crippen LogP contribution in [0.2, 0.25) is 0 Å². The summed E-state index contributed by atoms with van der Waals surface area (Å²) >= 11 is 0. The second-order valence-electron chi connectivity index (χ2n) is 13.7. The molecule has 1 atom stereocenters. The molecule has 1 fully saturated rings. The monoisotopic (exact) mass is 634 g/mol. The number of hydrogen-bond acceptors (Lipinski definition) is 8. The van der Waals surface area contributed by atoms with Gasteiger partial charge in [0, 0.05) is 19.3 Å². The quantitative estimate of drug-likeness (QED) is 0.241. The Morgan fingerprint density at radius 3 is 1.65 bits per heavy atom. The minimum atomic E-state index is -1.06. The molecule has 46 heavy (non-hydrogen) atoms. The molecule has 2 aromatic carbocycles. The number of ketones is 1. The first-order valence-corrected chi connectivity index (χ1v) is 15.7. The van der Waals surface area contributed by atoms with Crippen molar-refractivity contribution in [2.75, 3.05) is 6.54 Å². The maximum Gasteiger partial charge on any atom is 0.329 e. The number of benzene rings is 2. The largest absolute Gasteiger partial charge is 0.460 e. The van der Waals surface area contributed by atoms with E-state index in [0.29, 0.717) is 0 Å². The highest BCUT2D eigenvalue weighted by Crippen LogP contribution is 2.16. The first-order valence-electron chi connectivity index (χ1n) is 15.7. The number of hydrogen-bond donors (Lipinski definition) is 1. The summed E-state index contributed by atoms with van der Waals surface area (Å²) in [6, 6.07) is 14.5. The summed E-state index contributed by atoms with van der Waals surface area (Å²) < 4.78 is 10.9. The Labute approximate surface area is 271 Å². The van der Waals surface area contributed by atoms with E-state index in [1.807, 2.05) is 69.3 Å². The maximum atomic E-state index is 12.9. The van der Waals surface area contributed by atoms with Gasteiger partial charge in [-0.2, -0.15) is 0 Å². The number of likely N-dealkylation sites (tertiary alicyclic amines) is 1. The predicted octanol–water partition coefficient (Wildman–Crippen LogP) is 4.22. The summed E-state index contributed by atoms with van der Waals surface area (Å²) in [5.74, 6) is -2.45. The number of aryl methyl sites for hydroxylation is 2. The minimum absolute atomic E-state index is 0.0172. The maximum absolute atomic E-state index is 12.9. The van der Waals surface area contributed by atoms with Gasteiger partial charge in [-0.15, -0.1) is 0 Å². The van der Waals surface area contributed by atoms with E-state index in [4.69, 9.17) is 9.47 Å². The lowest BCUT2D eigenvalue weighted by atomic mass is 10.0. The van der Waals surface area contributed by atoms with Crippen molar-refractivity contribution in [1.29, 1.82) is 0 Å². The molecule has 1 N–H and O–H groups in total. The molecule has 1 unspecified atom stereocenters. The van der Waals surface area contributed by atoms with Crippen LogP contribution >= 0.6 is 0 Å². The molecule has 1 heterocycles. The lowest BCUT2D eigenvalue weighted by Gasteiger charge is -2.24. The van der Waals surface area contributed by atoms with Gasteiger partial charge in [-0.25, -0.2) is 4.79 Å². The van der Waals surface area contributed by atoms with Crippen LogP contribution in [0, 0.1) is 0 Å². The molecule has 0 saturated carbocycles. The predicted molar refractivity (Wildman–Crippen MR) is 172 cm³/mol. The topological polar surface area (TPSA) is 136 Å². The highest BCUT2D eigenvalue weighted by Gasteiger charge is 2.32. The van der Waals surface area contributed by atoms with Crippen LogP contribution in [0.1, 0.15) is 89.5 Å². The molecule has 0 bridgehead atoms. The van der Waals surface area contributed by atoms with Crippen LogP contribution in [0.25, 0.3) is 0 Å². The average molecular weight is 635 g/mol. The number of ether oxygens (including phenoxy) is 2. The fourth-order valence-corrected chi connectivity index (χ4v) is 4.89. The standard InChI is InChI=1S/C36H46N2O8/c1-35(2,3)45-33(43)22-27-15-11-25(12-16-27)8-7-24-9-13-26(14-10-24)21-30(40)37-29(34(44)46-36(4,5)6)18-17-28(39)23-38-31(41)19-20-32(38)42/h9-16,29H,7-8,17-23H2,1-6H3,(H,37,40). The van der Waals surface area contributed by atoms with Crippen molar-refractivity contribution in [1.82, 2.24) is 10.2 Å². The Balaban J connectivity index is 1.51. The van der Waals surface area contributed by atoms with Gasteiger partial charge in [0.15, 0.2) is 5.78 Å². The van der Waals surface area contributed by atoms with Crippen LogP contribution in [0.5, 0.6) is 0 Å². The minimum Gasteiger partial charge on any atom is -0.460 e. The van der Waals surface area contributed by atoms with Crippen molar-refractivity contribution in [3.8, 4) is 0 Å². The molecular formula is C36H46N2O8. The van der Waals surface area contributed by atoms with E-state index < -0.39 is 29.1 Å². The van der Waals surface area contributed by atoms with E-state index in [-0.39, 0.29) is 68.6 Å². The van der Waals surface area contributed by atoms with Gasteiger partial charge in [0.1, 0.15) is 17.2 Å². The lowest BCUT2D eigenvalue weighted by molar-refractivity contribution is -0.159. The second-order valence-corrected chi connectivity index (χ2v) is 13.7. The summed E-state index contributed by atoms with van der Waals surface area (Å²) in [6.45, 7) is 10.3. The van der Waals surface area contributed by atoms with Crippen LogP contribution in [0.4, 0.5) is 0 Å². The van der Waals surface area contributed by atoms with Gasteiger partial charge in [0.2, 0.25) is 17.7 Å². The zero-order valence-electron chi connectivity index (χ0n) is 27.8. The molecule has 0 aliphatic carbocycles. The van der Waals surface area contributed by atoms with Crippen LogP contribution in [0.3, 0.4) is 0 Å². The molecule has 0 radical (unpaired) electrons. The number of carbonyl (C=O) groups is 6. The van der Waals surface area contributed by atoms with E-state index in [0.717, 1.165) is 40.0 Å². The Bertz CT molecular complexity index is 1400. The van der Waals surface area contributed by atoms with Gasteiger partial charge in [-0.3, -0.25) is 28.9 Å². The summed E-state index contributed by atoms with van der Waals surface area (Å²) in [4.78, 5) is 75.0. The van der Waals surface area contributed by atoms with Crippen molar-refractivity contribution < 1.29 is 38.2 Å². The van der Waals surface area contributed by atoms with Crippen LogP contribution in [-0.4, -0.2) is 64.1 Å². The third-order valence-corrected chi connectivity index (χ3v) is 7.11. The molecule has 10 heteroatoms. The smallest absolute Gasteiger partial charge is 0.329 e. The summed E-state index contributed by atoms with van der Waals surface area (Å²) in [5.41, 5.74) is 2.59. The number of nitrogens with one attached hydrogen (secondary N) is 1. The summed E-state index contributed by atoms with van der Waals surface area (Å²) in [5, 5.41) is 2.70. The van der Waals surface area contributed by atoms with Gasteiger partial charge in [-0.05, 0) is 83.1 Å². The highest BCUT2D eigenvalue weighted by molar-refractivity contribution is 6.04. The average Bonchev–Trinajstić information content (AvgIpc) is 3.25. The Kier molecular flexibility index (Phi) is 12.4. The van der Waals surface area contributed by atoms with E-state index in [9.17, 15) is 28.8 Å². The van der Waals surface area contributed by atoms with Crippen LogP contribution in [-0.2, 0) is 63.9 Å². The molecule has 3 rings (SSSR count). The first kappa shape index (κ1) is 36.1. The van der Waals surface area contributed by atoms with Crippen LogP contribution < -0.4 is 5.32 Å². The normalized spacial score (nSPS) is 14.2. The molecule has 2 aromatic rings. The molecular weight excluding hydrogens is 588 g/mol. The number of Topliss-reactive ketones (excluding diaryl/α,β-unsaturated/α-hetero) is 1. The number of carbonyl (C=O) groups excluding carboxylic acids is 6. The zero-order valence-corrected chi connectivity index (χ0v) is 27.8. The summed E-state index contributed by atoms with van der Waals surface area (Å²) in [7, 11) is 0. The molecule has 10 nitrogen and oxygen atoms in total. The van der Waals surface area contributed by atoms with Crippen LogP contribution in [0.15, 0.2) is 48.5 Å². The number of rotatable bonds is 14. The molecule has 1 aliphatic rings. The van der Waals surface area contributed by atoms with Gasteiger partial charge in [0.25, 0.3) is 0 Å². The number of imide groups is 1. The fourth-order valence-electron chi connectivity index (χ4n) is 4.89. The Morgan fingerprint density at radius 1 is 0.717 bits per heavy atom. The zero-order chi connectivity index (χ0) is 34.1. The lowest BCUT2D eigenvalue weighted by Crippen LogP contribution is -2.45. The molecule has 248 valence electrons. The van der Waals surface area contributed by atoms with Gasteiger partial charge < -0.3 is 14.8 Å².